The molecule has 15 heavy (non-hydrogen) atoms. The molecule has 2 heterocycles. The number of pyridine rings is 1. The number of aromatic nitrogens is 2. The first-order valence-corrected chi connectivity index (χ1v) is 4.19. The zero-order valence-corrected chi connectivity index (χ0v) is 7.62. The second-order valence-corrected chi connectivity index (χ2v) is 2.98. The molecular weight excluding hydrogens is 196 g/mol. The largest absolute Gasteiger partial charge is 0.300 e. The predicted octanol–water partition coefficient (Wildman–Crippen LogP) is 1.31. The number of hydrogen-bond acceptors (Lipinski definition) is 4. The molecule has 0 bridgehead atoms. The summed E-state index contributed by atoms with van der Waals surface area (Å²) >= 11 is 0. The van der Waals surface area contributed by atoms with Crippen molar-refractivity contribution in [3.63, 3.8) is 0 Å². The zero-order chi connectivity index (χ0) is 10.8. The standard InChI is InChI=1S/C9H6N4O2/c10-4-3-7-5-12-6-8(13(14)15)1-2-9(12)11-7/h1-2,5-6H,3H2. The summed E-state index contributed by atoms with van der Waals surface area (Å²) < 4.78 is 1.55. The molecule has 2 aromatic rings. The minimum Gasteiger partial charge on any atom is -0.300 e. The van der Waals surface area contributed by atoms with E-state index in [1.165, 1.54) is 12.3 Å². The van der Waals surface area contributed by atoms with Crippen molar-refractivity contribution in [1.82, 2.24) is 9.38 Å². The predicted molar refractivity (Wildman–Crippen MR) is 51.2 cm³/mol. The van der Waals surface area contributed by atoms with Crippen LogP contribution in [0.1, 0.15) is 5.69 Å². The lowest BCUT2D eigenvalue weighted by Crippen LogP contribution is -1.90. The summed E-state index contributed by atoms with van der Waals surface area (Å²) in [6, 6.07) is 4.91. The third kappa shape index (κ3) is 1.62. The van der Waals surface area contributed by atoms with Gasteiger partial charge in [0.1, 0.15) is 5.65 Å². The SMILES string of the molecule is N#CCc1cn2cc([N+](=O)[O-])ccc2n1. The first-order chi connectivity index (χ1) is 7.20. The summed E-state index contributed by atoms with van der Waals surface area (Å²) in [6.07, 6.45) is 3.20. The molecule has 0 N–H and O–H groups in total. The Bertz CT molecular complexity index is 567. The average molecular weight is 202 g/mol. The van der Waals surface area contributed by atoms with Crippen molar-refractivity contribution in [2.75, 3.05) is 0 Å². The van der Waals surface area contributed by atoms with Gasteiger partial charge in [-0.3, -0.25) is 14.5 Å². The van der Waals surface area contributed by atoms with Crippen molar-refractivity contribution in [1.29, 1.82) is 5.26 Å². The van der Waals surface area contributed by atoms with Crippen LogP contribution < -0.4 is 0 Å². The molecule has 0 radical (unpaired) electrons. The molecular formula is C9H6N4O2. The van der Waals surface area contributed by atoms with Gasteiger partial charge in [0.05, 0.1) is 29.3 Å². The van der Waals surface area contributed by atoms with Crippen molar-refractivity contribution in [3.05, 3.63) is 40.3 Å². The van der Waals surface area contributed by atoms with Crippen molar-refractivity contribution in [2.45, 2.75) is 6.42 Å². The van der Waals surface area contributed by atoms with Gasteiger partial charge in [0, 0.05) is 12.3 Å². The van der Waals surface area contributed by atoms with Gasteiger partial charge in [0.25, 0.3) is 5.69 Å². The number of nitrogens with zero attached hydrogens (tertiary/aromatic N) is 4. The fraction of sp³-hybridized carbons (Fsp3) is 0.111. The molecule has 6 heteroatoms. The number of hydrogen-bond donors (Lipinski definition) is 0. The van der Waals surface area contributed by atoms with Gasteiger partial charge in [-0.15, -0.1) is 0 Å². The van der Waals surface area contributed by atoms with Gasteiger partial charge >= 0.3 is 0 Å². The molecule has 0 saturated carbocycles. The van der Waals surface area contributed by atoms with Crippen LogP contribution in [0.15, 0.2) is 24.5 Å². The minimum absolute atomic E-state index is 0.00316. The molecule has 0 saturated heterocycles. The fourth-order valence-electron chi connectivity index (χ4n) is 1.31. The first kappa shape index (κ1) is 9.15. The molecule has 2 aromatic heterocycles. The van der Waals surface area contributed by atoms with Gasteiger partial charge in [0.2, 0.25) is 0 Å². The van der Waals surface area contributed by atoms with Gasteiger partial charge in [-0.25, -0.2) is 4.98 Å². The van der Waals surface area contributed by atoms with Gasteiger partial charge in [-0.2, -0.15) is 5.26 Å². The number of nitro groups is 1. The molecule has 6 nitrogen and oxygen atoms in total. The Kier molecular flexibility index (Phi) is 2.06. The van der Waals surface area contributed by atoms with Gasteiger partial charge in [0.15, 0.2) is 0 Å². The van der Waals surface area contributed by atoms with E-state index >= 15 is 0 Å². The van der Waals surface area contributed by atoms with E-state index in [4.69, 9.17) is 5.26 Å². The Hall–Kier alpha value is -2.42. The highest BCUT2D eigenvalue weighted by molar-refractivity contribution is 5.45. The molecule has 0 fully saturated rings. The summed E-state index contributed by atoms with van der Waals surface area (Å²) in [6.45, 7) is 0. The highest BCUT2D eigenvalue weighted by atomic mass is 16.6. The van der Waals surface area contributed by atoms with Crippen LogP contribution in [0, 0.1) is 21.4 Å². The third-order valence-electron chi connectivity index (χ3n) is 1.96. The topological polar surface area (TPSA) is 84.2 Å². The lowest BCUT2D eigenvalue weighted by Gasteiger charge is -1.92. The minimum atomic E-state index is -0.469. The number of imidazole rings is 1. The molecule has 2 rings (SSSR count). The van der Waals surface area contributed by atoms with Crippen LogP contribution in [-0.2, 0) is 6.42 Å². The highest BCUT2D eigenvalue weighted by Crippen LogP contribution is 2.13. The maximum atomic E-state index is 10.5. The quantitative estimate of drug-likeness (QED) is 0.542. The summed E-state index contributed by atoms with van der Waals surface area (Å²) in [5.41, 5.74) is 1.22. The Labute approximate surface area is 84.5 Å². The summed E-state index contributed by atoms with van der Waals surface area (Å²) in [7, 11) is 0. The number of nitriles is 1. The second kappa shape index (κ2) is 3.38. The van der Waals surface area contributed by atoms with Crippen LogP contribution in [0.2, 0.25) is 0 Å². The van der Waals surface area contributed by atoms with E-state index in [9.17, 15) is 10.1 Å². The Morgan fingerprint density at radius 2 is 2.33 bits per heavy atom. The van der Waals surface area contributed by atoms with E-state index < -0.39 is 4.92 Å². The Morgan fingerprint density at radius 3 is 3.00 bits per heavy atom. The highest BCUT2D eigenvalue weighted by Gasteiger charge is 2.07. The van der Waals surface area contributed by atoms with Gasteiger partial charge in [-0.1, -0.05) is 0 Å². The van der Waals surface area contributed by atoms with E-state index in [1.54, 1.807) is 16.7 Å². The second-order valence-electron chi connectivity index (χ2n) is 2.98. The van der Waals surface area contributed by atoms with E-state index in [2.05, 4.69) is 4.98 Å². The monoisotopic (exact) mass is 202 g/mol. The van der Waals surface area contributed by atoms with Crippen LogP contribution >= 0.6 is 0 Å². The van der Waals surface area contributed by atoms with E-state index in [1.807, 2.05) is 6.07 Å². The maximum absolute atomic E-state index is 10.5. The lowest BCUT2D eigenvalue weighted by molar-refractivity contribution is -0.385. The zero-order valence-electron chi connectivity index (χ0n) is 7.62. The summed E-state index contributed by atoms with van der Waals surface area (Å²) in [5.74, 6) is 0. The van der Waals surface area contributed by atoms with Gasteiger partial charge in [-0.05, 0) is 6.07 Å². The molecule has 0 aliphatic carbocycles. The van der Waals surface area contributed by atoms with Crippen molar-refractivity contribution >= 4 is 11.3 Å². The van der Waals surface area contributed by atoms with E-state index in [0.29, 0.717) is 11.3 Å². The molecule has 0 aliphatic heterocycles. The van der Waals surface area contributed by atoms with Crippen molar-refractivity contribution in [2.24, 2.45) is 0 Å². The molecule has 0 aliphatic rings. The molecule has 0 atom stereocenters. The van der Waals surface area contributed by atoms with E-state index in [-0.39, 0.29) is 12.1 Å². The maximum Gasteiger partial charge on any atom is 0.286 e. The lowest BCUT2D eigenvalue weighted by atomic mass is 10.4. The normalized spacial score (nSPS) is 10.1. The van der Waals surface area contributed by atoms with Crippen LogP contribution in [0.5, 0.6) is 0 Å². The average Bonchev–Trinajstić information content (AvgIpc) is 2.59. The molecule has 0 amide bonds. The number of fused-ring (bicyclic) bond motifs is 1. The Balaban J connectivity index is 2.53. The first-order valence-electron chi connectivity index (χ1n) is 4.19. The van der Waals surface area contributed by atoms with Crippen LogP contribution in [0.4, 0.5) is 5.69 Å². The van der Waals surface area contributed by atoms with Gasteiger partial charge < -0.3 is 0 Å². The van der Waals surface area contributed by atoms with Crippen molar-refractivity contribution < 1.29 is 4.92 Å². The molecule has 0 aromatic carbocycles. The van der Waals surface area contributed by atoms with E-state index in [0.717, 1.165) is 0 Å². The summed E-state index contributed by atoms with van der Waals surface area (Å²) in [4.78, 5) is 14.1. The Morgan fingerprint density at radius 1 is 1.53 bits per heavy atom. The van der Waals surface area contributed by atoms with Crippen molar-refractivity contribution in [3.8, 4) is 6.07 Å². The third-order valence-corrected chi connectivity index (χ3v) is 1.96. The fourth-order valence-corrected chi connectivity index (χ4v) is 1.31. The van der Waals surface area contributed by atoms with Crippen LogP contribution in [0.25, 0.3) is 5.65 Å². The molecule has 0 spiro atoms. The molecule has 0 unspecified atom stereocenters. The van der Waals surface area contributed by atoms with Crippen LogP contribution in [-0.4, -0.2) is 14.3 Å². The summed E-state index contributed by atoms with van der Waals surface area (Å²) in [5, 5.41) is 19.0. The smallest absolute Gasteiger partial charge is 0.286 e. The van der Waals surface area contributed by atoms with Crippen LogP contribution in [0.3, 0.4) is 0 Å². The number of rotatable bonds is 2. The molecule has 74 valence electrons.